The number of hydrogen-bond acceptors (Lipinski definition) is 2. The molecule has 0 bridgehead atoms. The summed E-state index contributed by atoms with van der Waals surface area (Å²) in [7, 11) is 0. The van der Waals surface area contributed by atoms with Gasteiger partial charge in [-0.1, -0.05) is 19.9 Å². The van der Waals surface area contributed by atoms with Gasteiger partial charge in [-0.25, -0.2) is 8.78 Å². The Morgan fingerprint density at radius 2 is 1.89 bits per heavy atom. The zero-order valence-electron chi connectivity index (χ0n) is 11.3. The zero-order valence-corrected chi connectivity index (χ0v) is 11.3. The maximum absolute atomic E-state index is 13.0. The van der Waals surface area contributed by atoms with Crippen molar-refractivity contribution in [2.24, 2.45) is 11.1 Å². The van der Waals surface area contributed by atoms with Crippen LogP contribution in [-0.4, -0.2) is 12.5 Å². The average Bonchev–Trinajstić information content (AvgIpc) is 2.42. The number of benzene rings is 1. The summed E-state index contributed by atoms with van der Waals surface area (Å²) in [4.78, 5) is 12.1. The van der Waals surface area contributed by atoms with E-state index in [0.717, 1.165) is 12.1 Å². The lowest BCUT2D eigenvalue weighted by Gasteiger charge is -2.28. The summed E-state index contributed by atoms with van der Waals surface area (Å²) in [6.07, 6.45) is 1.28. The van der Waals surface area contributed by atoms with Crippen molar-refractivity contribution in [2.75, 3.05) is 6.54 Å². The first kappa shape index (κ1) is 15.6. The van der Waals surface area contributed by atoms with Gasteiger partial charge in [0.05, 0.1) is 5.41 Å². The SMILES string of the molecule is CCC(CC)(CN)C(=O)NCc1ccc(F)c(F)c1. The first-order chi connectivity index (χ1) is 8.99. The van der Waals surface area contributed by atoms with Crippen LogP contribution in [-0.2, 0) is 11.3 Å². The van der Waals surface area contributed by atoms with E-state index in [1.807, 2.05) is 13.8 Å². The van der Waals surface area contributed by atoms with Gasteiger partial charge in [0.15, 0.2) is 11.6 Å². The van der Waals surface area contributed by atoms with E-state index in [1.165, 1.54) is 6.07 Å². The molecule has 106 valence electrons. The normalized spacial score (nSPS) is 11.4. The van der Waals surface area contributed by atoms with Crippen molar-refractivity contribution in [3.05, 3.63) is 35.4 Å². The maximum atomic E-state index is 13.0. The van der Waals surface area contributed by atoms with E-state index in [0.29, 0.717) is 18.4 Å². The van der Waals surface area contributed by atoms with Gasteiger partial charge >= 0.3 is 0 Å². The fourth-order valence-electron chi connectivity index (χ4n) is 1.97. The van der Waals surface area contributed by atoms with Crippen LogP contribution in [0.1, 0.15) is 32.3 Å². The van der Waals surface area contributed by atoms with Gasteiger partial charge in [-0.05, 0) is 30.5 Å². The Labute approximate surface area is 112 Å². The number of rotatable bonds is 6. The molecule has 3 N–H and O–H groups in total. The third-order valence-electron chi connectivity index (χ3n) is 3.66. The molecule has 0 heterocycles. The van der Waals surface area contributed by atoms with Gasteiger partial charge in [0.2, 0.25) is 5.91 Å². The van der Waals surface area contributed by atoms with Crippen LogP contribution in [0, 0.1) is 17.0 Å². The number of carbonyl (C=O) groups excluding carboxylic acids is 1. The van der Waals surface area contributed by atoms with E-state index >= 15 is 0 Å². The Morgan fingerprint density at radius 1 is 1.26 bits per heavy atom. The fourth-order valence-corrected chi connectivity index (χ4v) is 1.97. The number of hydrogen-bond donors (Lipinski definition) is 2. The Bertz CT molecular complexity index is 437. The van der Waals surface area contributed by atoms with Crippen LogP contribution in [0.4, 0.5) is 8.78 Å². The van der Waals surface area contributed by atoms with Crippen molar-refractivity contribution in [3.63, 3.8) is 0 Å². The monoisotopic (exact) mass is 270 g/mol. The third kappa shape index (κ3) is 3.50. The largest absolute Gasteiger partial charge is 0.352 e. The zero-order chi connectivity index (χ0) is 14.5. The first-order valence-electron chi connectivity index (χ1n) is 6.41. The van der Waals surface area contributed by atoms with Gasteiger partial charge in [-0.3, -0.25) is 4.79 Å². The standard InChI is InChI=1S/C14H20F2N2O/c1-3-14(4-2,9-17)13(19)18-8-10-5-6-11(15)12(16)7-10/h5-7H,3-4,8-9,17H2,1-2H3,(H,18,19). The van der Waals surface area contributed by atoms with Crippen LogP contribution in [0.25, 0.3) is 0 Å². The topological polar surface area (TPSA) is 55.1 Å². The molecule has 1 aromatic carbocycles. The smallest absolute Gasteiger partial charge is 0.227 e. The summed E-state index contributed by atoms with van der Waals surface area (Å²) in [5.41, 5.74) is 5.61. The van der Waals surface area contributed by atoms with Crippen LogP contribution in [0.15, 0.2) is 18.2 Å². The van der Waals surface area contributed by atoms with E-state index in [1.54, 1.807) is 0 Å². The number of carbonyl (C=O) groups is 1. The molecule has 0 fully saturated rings. The fraction of sp³-hybridized carbons (Fsp3) is 0.500. The van der Waals surface area contributed by atoms with Crippen LogP contribution >= 0.6 is 0 Å². The highest BCUT2D eigenvalue weighted by Gasteiger charge is 2.32. The Kier molecular flexibility index (Phi) is 5.42. The molecule has 0 aromatic heterocycles. The average molecular weight is 270 g/mol. The van der Waals surface area contributed by atoms with E-state index in [4.69, 9.17) is 5.73 Å². The molecule has 0 aliphatic rings. The molecule has 0 atom stereocenters. The molecular formula is C14H20F2N2O. The van der Waals surface area contributed by atoms with Crippen molar-refractivity contribution in [2.45, 2.75) is 33.2 Å². The Morgan fingerprint density at radius 3 is 2.37 bits per heavy atom. The lowest BCUT2D eigenvalue weighted by molar-refractivity contribution is -0.131. The molecule has 0 saturated carbocycles. The Hall–Kier alpha value is -1.49. The van der Waals surface area contributed by atoms with Crippen molar-refractivity contribution in [3.8, 4) is 0 Å². The lowest BCUT2D eigenvalue weighted by Crippen LogP contribution is -2.45. The minimum absolute atomic E-state index is 0.148. The molecule has 19 heavy (non-hydrogen) atoms. The molecule has 0 saturated heterocycles. The van der Waals surface area contributed by atoms with Crippen molar-refractivity contribution < 1.29 is 13.6 Å². The van der Waals surface area contributed by atoms with Crippen LogP contribution in [0.3, 0.4) is 0 Å². The number of halogens is 2. The molecule has 0 aliphatic heterocycles. The van der Waals surface area contributed by atoms with E-state index < -0.39 is 17.0 Å². The van der Waals surface area contributed by atoms with Gasteiger partial charge < -0.3 is 11.1 Å². The van der Waals surface area contributed by atoms with Crippen LogP contribution in [0.5, 0.6) is 0 Å². The van der Waals surface area contributed by atoms with E-state index in [9.17, 15) is 13.6 Å². The summed E-state index contributed by atoms with van der Waals surface area (Å²) in [6.45, 7) is 4.25. The van der Waals surface area contributed by atoms with Crippen LogP contribution < -0.4 is 11.1 Å². The highest BCUT2D eigenvalue weighted by atomic mass is 19.2. The minimum atomic E-state index is -0.914. The van der Waals surface area contributed by atoms with Gasteiger partial charge in [-0.2, -0.15) is 0 Å². The molecule has 1 aromatic rings. The quantitative estimate of drug-likeness (QED) is 0.833. The predicted octanol–water partition coefficient (Wildman–Crippen LogP) is 2.35. The number of amides is 1. The molecule has 3 nitrogen and oxygen atoms in total. The van der Waals surface area contributed by atoms with Gasteiger partial charge in [-0.15, -0.1) is 0 Å². The van der Waals surface area contributed by atoms with E-state index in [-0.39, 0.29) is 19.0 Å². The van der Waals surface area contributed by atoms with Crippen LogP contribution in [0.2, 0.25) is 0 Å². The van der Waals surface area contributed by atoms with E-state index in [2.05, 4.69) is 5.32 Å². The summed E-state index contributed by atoms with van der Waals surface area (Å²) >= 11 is 0. The molecule has 0 unspecified atom stereocenters. The summed E-state index contributed by atoms with van der Waals surface area (Å²) in [5.74, 6) is -1.96. The van der Waals surface area contributed by atoms with Crippen molar-refractivity contribution in [1.29, 1.82) is 0 Å². The Balaban J connectivity index is 2.70. The highest BCUT2D eigenvalue weighted by Crippen LogP contribution is 2.25. The molecule has 1 amide bonds. The maximum Gasteiger partial charge on any atom is 0.227 e. The molecule has 0 radical (unpaired) electrons. The summed E-state index contributed by atoms with van der Waals surface area (Å²) in [6, 6.07) is 3.57. The summed E-state index contributed by atoms with van der Waals surface area (Å²) < 4.78 is 25.8. The second-order valence-corrected chi connectivity index (χ2v) is 4.62. The van der Waals surface area contributed by atoms with Gasteiger partial charge in [0, 0.05) is 13.1 Å². The van der Waals surface area contributed by atoms with Gasteiger partial charge in [0.1, 0.15) is 0 Å². The second kappa shape index (κ2) is 6.61. The first-order valence-corrected chi connectivity index (χ1v) is 6.41. The van der Waals surface area contributed by atoms with Crippen molar-refractivity contribution in [1.82, 2.24) is 5.32 Å². The predicted molar refractivity (Wildman–Crippen MR) is 70.3 cm³/mol. The van der Waals surface area contributed by atoms with Gasteiger partial charge in [0.25, 0.3) is 0 Å². The number of nitrogens with one attached hydrogen (secondary N) is 1. The minimum Gasteiger partial charge on any atom is -0.352 e. The highest BCUT2D eigenvalue weighted by molar-refractivity contribution is 5.82. The van der Waals surface area contributed by atoms with Crippen molar-refractivity contribution >= 4 is 5.91 Å². The third-order valence-corrected chi connectivity index (χ3v) is 3.66. The molecule has 1 rings (SSSR count). The molecule has 0 spiro atoms. The lowest BCUT2D eigenvalue weighted by atomic mass is 9.81. The second-order valence-electron chi connectivity index (χ2n) is 4.62. The summed E-state index contributed by atoms with van der Waals surface area (Å²) in [5, 5.41) is 2.73. The molecular weight excluding hydrogens is 250 g/mol. The molecule has 0 aliphatic carbocycles. The molecule has 5 heteroatoms. The number of nitrogens with two attached hydrogens (primary N) is 1.